The van der Waals surface area contributed by atoms with Crippen LogP contribution >= 0.6 is 0 Å². The third-order valence-electron chi connectivity index (χ3n) is 2.45. The summed E-state index contributed by atoms with van der Waals surface area (Å²) in [6.07, 6.45) is 7.31. The van der Waals surface area contributed by atoms with Crippen molar-refractivity contribution in [1.29, 1.82) is 0 Å². The van der Waals surface area contributed by atoms with Crippen LogP contribution < -0.4 is 0 Å². The molecule has 2 atom stereocenters. The van der Waals surface area contributed by atoms with Crippen LogP contribution in [0.15, 0.2) is 0 Å². The largest absolute Gasteiger partial charge is 0.393 e. The summed E-state index contributed by atoms with van der Waals surface area (Å²) in [5.74, 6) is 0.828. The second-order valence-electron chi connectivity index (χ2n) is 3.48. The first-order chi connectivity index (χ1) is 4.83. The Bertz CT molecular complexity index is 88.7. The first-order valence-corrected chi connectivity index (χ1v) is 4.51. The van der Waals surface area contributed by atoms with Gasteiger partial charge in [-0.15, -0.1) is 0 Å². The fourth-order valence-corrected chi connectivity index (χ4v) is 1.93. The molecule has 1 saturated carbocycles. The van der Waals surface area contributed by atoms with Gasteiger partial charge in [0.15, 0.2) is 0 Å². The lowest BCUT2D eigenvalue weighted by Crippen LogP contribution is -2.19. The molecule has 0 bridgehead atoms. The van der Waals surface area contributed by atoms with E-state index in [1.807, 2.05) is 0 Å². The number of aliphatic hydroxyl groups is 1. The molecule has 0 aromatic rings. The lowest BCUT2D eigenvalue weighted by Gasteiger charge is -2.25. The van der Waals surface area contributed by atoms with Gasteiger partial charge >= 0.3 is 0 Å². The van der Waals surface area contributed by atoms with Gasteiger partial charge in [-0.1, -0.05) is 32.6 Å². The van der Waals surface area contributed by atoms with Gasteiger partial charge in [0.1, 0.15) is 0 Å². The zero-order chi connectivity index (χ0) is 7.40. The summed E-state index contributed by atoms with van der Waals surface area (Å²) in [6.45, 7) is 2.22. The third-order valence-corrected chi connectivity index (χ3v) is 2.45. The Balaban J connectivity index is 2.18. The van der Waals surface area contributed by atoms with E-state index in [9.17, 15) is 5.11 Å². The van der Waals surface area contributed by atoms with Crippen LogP contribution in [-0.4, -0.2) is 11.2 Å². The van der Waals surface area contributed by atoms with Gasteiger partial charge in [0, 0.05) is 0 Å². The molecular formula is C9H18O. The van der Waals surface area contributed by atoms with E-state index in [1.165, 1.54) is 25.7 Å². The molecular weight excluding hydrogens is 124 g/mol. The molecule has 1 aliphatic carbocycles. The predicted molar refractivity (Wildman–Crippen MR) is 42.9 cm³/mol. The molecule has 0 aromatic carbocycles. The summed E-state index contributed by atoms with van der Waals surface area (Å²) in [4.78, 5) is 0. The van der Waals surface area contributed by atoms with Gasteiger partial charge in [0.05, 0.1) is 6.10 Å². The van der Waals surface area contributed by atoms with Crippen molar-refractivity contribution in [3.8, 4) is 0 Å². The van der Waals surface area contributed by atoms with Gasteiger partial charge in [0.2, 0.25) is 0 Å². The number of rotatable bonds is 2. The standard InChI is InChI=1S/C9H18O/c1-2-4-8-5-3-6-9(10)7-8/h8-10H,2-7H2,1H3/t8-,9-/m0/s1. The minimum Gasteiger partial charge on any atom is -0.393 e. The molecule has 1 nitrogen and oxygen atoms in total. The van der Waals surface area contributed by atoms with Gasteiger partial charge in [0.25, 0.3) is 0 Å². The van der Waals surface area contributed by atoms with Crippen LogP contribution in [-0.2, 0) is 0 Å². The Hall–Kier alpha value is -0.0400. The maximum atomic E-state index is 9.31. The molecule has 1 rings (SSSR count). The van der Waals surface area contributed by atoms with Gasteiger partial charge in [-0.2, -0.15) is 0 Å². The molecule has 60 valence electrons. The fraction of sp³-hybridized carbons (Fsp3) is 1.00. The average Bonchev–Trinajstić information content (AvgIpc) is 1.88. The quantitative estimate of drug-likeness (QED) is 0.627. The molecule has 0 heterocycles. The SMILES string of the molecule is CCC[C@H]1CCC[C@H](O)C1. The van der Waals surface area contributed by atoms with Crippen molar-refractivity contribution in [2.24, 2.45) is 5.92 Å². The average molecular weight is 142 g/mol. The van der Waals surface area contributed by atoms with E-state index < -0.39 is 0 Å². The molecule has 0 unspecified atom stereocenters. The van der Waals surface area contributed by atoms with Crippen molar-refractivity contribution < 1.29 is 5.11 Å². The second kappa shape index (κ2) is 3.97. The lowest BCUT2D eigenvalue weighted by molar-refractivity contribution is 0.0981. The summed E-state index contributed by atoms with van der Waals surface area (Å²) in [5.41, 5.74) is 0. The Morgan fingerprint density at radius 1 is 1.40 bits per heavy atom. The van der Waals surface area contributed by atoms with Crippen LogP contribution in [0.5, 0.6) is 0 Å². The van der Waals surface area contributed by atoms with Crippen LogP contribution in [0.2, 0.25) is 0 Å². The summed E-state index contributed by atoms with van der Waals surface area (Å²) >= 11 is 0. The van der Waals surface area contributed by atoms with E-state index >= 15 is 0 Å². The van der Waals surface area contributed by atoms with Crippen molar-refractivity contribution in [2.45, 2.75) is 51.6 Å². The molecule has 1 heteroatoms. The van der Waals surface area contributed by atoms with E-state index in [0.29, 0.717) is 0 Å². The van der Waals surface area contributed by atoms with Crippen molar-refractivity contribution in [3.05, 3.63) is 0 Å². The van der Waals surface area contributed by atoms with E-state index in [0.717, 1.165) is 18.8 Å². The Kier molecular flexibility index (Phi) is 3.20. The summed E-state index contributed by atoms with van der Waals surface area (Å²) in [5, 5.41) is 9.31. The second-order valence-corrected chi connectivity index (χ2v) is 3.48. The summed E-state index contributed by atoms with van der Waals surface area (Å²) in [6, 6.07) is 0. The highest BCUT2D eigenvalue weighted by Gasteiger charge is 2.18. The van der Waals surface area contributed by atoms with Crippen molar-refractivity contribution in [2.75, 3.05) is 0 Å². The molecule has 0 amide bonds. The van der Waals surface area contributed by atoms with E-state index in [2.05, 4.69) is 6.92 Å². The molecule has 10 heavy (non-hydrogen) atoms. The third kappa shape index (κ3) is 2.30. The van der Waals surface area contributed by atoms with Gasteiger partial charge in [-0.3, -0.25) is 0 Å². The molecule has 0 saturated heterocycles. The fourth-order valence-electron chi connectivity index (χ4n) is 1.93. The zero-order valence-electron chi connectivity index (χ0n) is 6.84. The molecule has 0 spiro atoms. The highest BCUT2D eigenvalue weighted by atomic mass is 16.3. The normalized spacial score (nSPS) is 34.2. The number of hydrogen-bond acceptors (Lipinski definition) is 1. The number of aliphatic hydroxyl groups excluding tert-OH is 1. The number of hydrogen-bond donors (Lipinski definition) is 1. The molecule has 1 aliphatic rings. The van der Waals surface area contributed by atoms with Crippen LogP contribution in [0.3, 0.4) is 0 Å². The van der Waals surface area contributed by atoms with Gasteiger partial charge in [-0.25, -0.2) is 0 Å². The Morgan fingerprint density at radius 3 is 2.80 bits per heavy atom. The van der Waals surface area contributed by atoms with Gasteiger partial charge in [-0.05, 0) is 18.8 Å². The summed E-state index contributed by atoms with van der Waals surface area (Å²) < 4.78 is 0. The van der Waals surface area contributed by atoms with Crippen LogP contribution in [0.1, 0.15) is 45.4 Å². The molecule has 0 radical (unpaired) electrons. The topological polar surface area (TPSA) is 20.2 Å². The maximum Gasteiger partial charge on any atom is 0.0542 e. The molecule has 0 aliphatic heterocycles. The van der Waals surface area contributed by atoms with Crippen LogP contribution in [0.25, 0.3) is 0 Å². The smallest absolute Gasteiger partial charge is 0.0542 e. The maximum absolute atomic E-state index is 9.31. The Morgan fingerprint density at radius 2 is 2.20 bits per heavy atom. The highest BCUT2D eigenvalue weighted by molar-refractivity contribution is 4.71. The minimum atomic E-state index is 0.0188. The van der Waals surface area contributed by atoms with E-state index in [4.69, 9.17) is 0 Å². The predicted octanol–water partition coefficient (Wildman–Crippen LogP) is 2.34. The van der Waals surface area contributed by atoms with E-state index in [1.54, 1.807) is 0 Å². The zero-order valence-corrected chi connectivity index (χ0v) is 6.84. The van der Waals surface area contributed by atoms with Gasteiger partial charge < -0.3 is 5.11 Å². The molecule has 1 fully saturated rings. The molecule has 1 N–H and O–H groups in total. The first-order valence-electron chi connectivity index (χ1n) is 4.51. The highest BCUT2D eigenvalue weighted by Crippen LogP contribution is 2.27. The summed E-state index contributed by atoms with van der Waals surface area (Å²) in [7, 11) is 0. The van der Waals surface area contributed by atoms with Crippen molar-refractivity contribution in [3.63, 3.8) is 0 Å². The van der Waals surface area contributed by atoms with Crippen LogP contribution in [0.4, 0.5) is 0 Å². The van der Waals surface area contributed by atoms with Crippen molar-refractivity contribution >= 4 is 0 Å². The lowest BCUT2D eigenvalue weighted by atomic mass is 9.85. The minimum absolute atomic E-state index is 0.0188. The van der Waals surface area contributed by atoms with E-state index in [-0.39, 0.29) is 6.10 Å². The van der Waals surface area contributed by atoms with Crippen LogP contribution in [0, 0.1) is 5.92 Å². The monoisotopic (exact) mass is 142 g/mol. The Labute approximate surface area is 63.4 Å². The first kappa shape index (κ1) is 8.06. The molecule has 0 aromatic heterocycles. The van der Waals surface area contributed by atoms with Crippen molar-refractivity contribution in [1.82, 2.24) is 0 Å².